The number of aliphatic hydroxyl groups is 2. The van der Waals surface area contributed by atoms with Crippen molar-refractivity contribution in [3.8, 4) is 87.8 Å². The fraction of sp³-hybridized carbons (Fsp3) is 0.287. The van der Waals surface area contributed by atoms with Crippen LogP contribution in [0.3, 0.4) is 0 Å². The van der Waals surface area contributed by atoms with Crippen LogP contribution in [0.1, 0.15) is 84.7 Å². The van der Waals surface area contributed by atoms with Crippen LogP contribution in [0.25, 0.3) is 87.8 Å². The summed E-state index contributed by atoms with van der Waals surface area (Å²) < 4.78 is 28.7. The van der Waals surface area contributed by atoms with Crippen LogP contribution in [0.2, 0.25) is 0 Å². The number of aromatic nitrogens is 24. The zero-order valence-electron chi connectivity index (χ0n) is 71.7. The predicted molar refractivity (Wildman–Crippen MR) is 492 cm³/mol. The molecule has 12 N–H and O–H groups in total. The molecule has 686 valence electrons. The number of hydrogen-bond donors (Lipinski definition) is 12. The molecule has 0 saturated carbocycles. The van der Waals surface area contributed by atoms with E-state index in [-0.39, 0.29) is 60.6 Å². The van der Waals surface area contributed by atoms with Gasteiger partial charge in [-0.15, -0.1) is 45.3 Å². The molecule has 46 heteroatoms. The van der Waals surface area contributed by atoms with Crippen LogP contribution in [0.4, 0.5) is 22.7 Å². The van der Waals surface area contributed by atoms with E-state index in [1.165, 1.54) is 45.3 Å². The number of hydrogen-bond acceptors (Lipinski definition) is 32. The molecule has 0 spiro atoms. The topological polar surface area (TPSA) is 557 Å². The number of aliphatic hydroxyl groups excluding tert-OH is 2. The third-order valence-corrected chi connectivity index (χ3v) is 24.9. The maximum atomic E-state index is 13.0. The van der Waals surface area contributed by atoms with Crippen molar-refractivity contribution in [3.63, 3.8) is 0 Å². The number of aryl methyl sites for hydroxylation is 3. The van der Waals surface area contributed by atoms with Crippen LogP contribution in [0.15, 0.2) is 175 Å². The van der Waals surface area contributed by atoms with E-state index in [1.54, 1.807) is 99.0 Å². The summed E-state index contributed by atoms with van der Waals surface area (Å²) in [5.74, 6) is -0.235. The van der Waals surface area contributed by atoms with Gasteiger partial charge in [-0.2, -0.15) is 40.8 Å². The second-order valence-electron chi connectivity index (χ2n) is 31.1. The first-order valence-corrected chi connectivity index (χ1v) is 45.1. The van der Waals surface area contributed by atoms with E-state index in [4.69, 9.17) is 48.9 Å². The van der Waals surface area contributed by atoms with Crippen LogP contribution in [-0.2, 0) is 54.7 Å². The summed E-state index contributed by atoms with van der Waals surface area (Å²) in [6.45, 7) is 12.8. The molecule has 0 atom stereocenters. The van der Waals surface area contributed by atoms with Gasteiger partial charge in [0.15, 0.2) is 0 Å². The molecule has 0 aromatic carbocycles. The monoisotopic (exact) mass is 1880 g/mol. The summed E-state index contributed by atoms with van der Waals surface area (Å²) in [7, 11) is 0. The molecule has 133 heavy (non-hydrogen) atoms. The summed E-state index contributed by atoms with van der Waals surface area (Å²) in [5, 5.41) is 101. The highest BCUT2D eigenvalue weighted by Gasteiger charge is 2.41. The average molecular weight is 1880 g/mol. The number of pyridine rings is 4. The normalized spacial score (nSPS) is 14.2. The number of nitrogens with zero attached hydrogens (tertiary/aromatic N) is 20. The second-order valence-corrected chi connectivity index (χ2v) is 34.5. The largest absolute Gasteiger partial charge is 0.483 e. The fourth-order valence-electron chi connectivity index (χ4n) is 14.3. The molecule has 0 unspecified atom stereocenters. The van der Waals surface area contributed by atoms with Crippen molar-refractivity contribution in [2.24, 2.45) is 22.7 Å². The third kappa shape index (κ3) is 23.4. The lowest BCUT2D eigenvalue weighted by atomic mass is 9.87. The highest BCUT2D eigenvalue weighted by molar-refractivity contribution is 7.14. The maximum Gasteiger partial charge on any atom is 0.290 e. The zero-order valence-corrected chi connectivity index (χ0v) is 75.0. The molecule has 4 aliphatic heterocycles. The first kappa shape index (κ1) is 93.1. The predicted octanol–water partition coefficient (Wildman–Crippen LogP) is 11.4. The van der Waals surface area contributed by atoms with Crippen molar-refractivity contribution in [3.05, 3.63) is 215 Å². The molecule has 4 amide bonds. The molecule has 4 aliphatic rings. The summed E-state index contributed by atoms with van der Waals surface area (Å²) >= 11 is 5.57. The van der Waals surface area contributed by atoms with E-state index in [9.17, 15) is 29.4 Å². The summed E-state index contributed by atoms with van der Waals surface area (Å²) in [6, 6.07) is 22.3. The Kier molecular flexibility index (Phi) is 31.0. The quantitative estimate of drug-likeness (QED) is 0.0224. The van der Waals surface area contributed by atoms with Crippen LogP contribution in [0, 0.1) is 43.4 Å². The Morgan fingerprint density at radius 3 is 0.992 bits per heavy atom. The Morgan fingerprint density at radius 2 is 0.729 bits per heavy atom. The molecule has 0 bridgehead atoms. The minimum atomic E-state index is -0.360. The molecule has 42 nitrogen and oxygen atoms in total. The van der Waals surface area contributed by atoms with Gasteiger partial charge in [0.05, 0.1) is 151 Å². The minimum absolute atomic E-state index is 0.00248. The Labute approximate surface area is 773 Å². The number of amides is 4. The van der Waals surface area contributed by atoms with Gasteiger partial charge in [0.25, 0.3) is 36.6 Å². The van der Waals surface area contributed by atoms with Crippen molar-refractivity contribution in [1.82, 2.24) is 120 Å². The molecule has 20 heterocycles. The van der Waals surface area contributed by atoms with Gasteiger partial charge >= 0.3 is 0 Å². The number of carbonyl (C=O) groups is 6. The van der Waals surface area contributed by atoms with Gasteiger partial charge in [-0.1, -0.05) is 24.3 Å². The zero-order chi connectivity index (χ0) is 92.6. The smallest absolute Gasteiger partial charge is 0.290 e. The van der Waals surface area contributed by atoms with Crippen molar-refractivity contribution in [1.29, 1.82) is 0 Å². The van der Waals surface area contributed by atoms with Crippen LogP contribution < -0.4 is 21.3 Å². The van der Waals surface area contributed by atoms with E-state index in [1.807, 2.05) is 115 Å². The number of anilines is 4. The molecule has 16 aromatic heterocycles. The first-order valence-electron chi connectivity index (χ1n) is 41.6. The van der Waals surface area contributed by atoms with E-state index >= 15 is 0 Å². The highest BCUT2D eigenvalue weighted by Crippen LogP contribution is 2.38. The van der Waals surface area contributed by atoms with Gasteiger partial charge < -0.3 is 60.6 Å². The number of aromatic amines is 4. The number of ether oxygens (including phenoxy) is 4. The SMILES string of the molecule is Cc1[nH]ncc1-c1nc(C(=O)Nc2cn(CC3(CO)COC3)nc2-c2ccccn2)cs1.Cc1[nH]ncc1-c1nc(C(=O)Nc2cn(CC3(CO)COC3)nc2-c2ccccn2)cs1.Cc1[nH]ncc1-c1nc(C(=O)Nc2cn(CC3CCOCC3)nc2-c2ccccn2)cs1.O=C(Nc1cn(CC2CCOCC2)nc1-c1ccccn1)c1csc(-c2cn[nH]c2)n1.O=CO.O=CO. The van der Waals surface area contributed by atoms with Crippen LogP contribution in [0.5, 0.6) is 0 Å². The average Bonchev–Trinajstić information content (AvgIpc) is 1.66. The third-order valence-electron chi connectivity index (χ3n) is 21.4. The maximum absolute atomic E-state index is 13.0. The van der Waals surface area contributed by atoms with E-state index in [0.717, 1.165) is 125 Å². The van der Waals surface area contributed by atoms with Crippen molar-refractivity contribution >= 4 is 105 Å². The molecule has 4 saturated heterocycles. The van der Waals surface area contributed by atoms with E-state index < -0.39 is 0 Å². The number of thiazole rings is 4. The molecule has 16 aromatic rings. The molecule has 0 radical (unpaired) electrons. The molecule has 4 fully saturated rings. The van der Waals surface area contributed by atoms with Gasteiger partial charge in [0.1, 0.15) is 65.6 Å². The van der Waals surface area contributed by atoms with Crippen molar-refractivity contribution in [2.45, 2.75) is 72.6 Å². The molecule has 0 aliphatic carbocycles. The number of rotatable bonds is 26. The Morgan fingerprint density at radius 1 is 0.429 bits per heavy atom. The minimum Gasteiger partial charge on any atom is -0.483 e. The fourth-order valence-corrected chi connectivity index (χ4v) is 17.7. The summed E-state index contributed by atoms with van der Waals surface area (Å²) in [5.41, 5.74) is 14.2. The Balaban J connectivity index is 0.000000133. The van der Waals surface area contributed by atoms with Crippen molar-refractivity contribution in [2.75, 3.05) is 87.3 Å². The lowest BCUT2D eigenvalue weighted by Crippen LogP contribution is -2.48. The lowest BCUT2D eigenvalue weighted by molar-refractivity contribution is -0.146. The number of carbonyl (C=O) groups excluding carboxylic acids is 4. The highest BCUT2D eigenvalue weighted by atomic mass is 32.1. The number of H-pyrrole nitrogens is 4. The van der Waals surface area contributed by atoms with Gasteiger partial charge in [-0.3, -0.25) is 87.8 Å². The van der Waals surface area contributed by atoms with Gasteiger partial charge in [-0.05, 0) is 107 Å². The van der Waals surface area contributed by atoms with E-state index in [0.29, 0.717) is 142 Å². The number of carboxylic acid groups (broad SMARTS) is 2. The Hall–Kier alpha value is -14.6. The summed E-state index contributed by atoms with van der Waals surface area (Å²) in [6.07, 6.45) is 26.6. The van der Waals surface area contributed by atoms with Gasteiger partial charge in [0.2, 0.25) is 0 Å². The molecule has 20 rings (SSSR count). The van der Waals surface area contributed by atoms with Crippen molar-refractivity contribution < 1.29 is 68.1 Å². The number of nitrogens with one attached hydrogen (secondary N) is 8. The lowest BCUT2D eigenvalue weighted by Gasteiger charge is -2.39. The Bertz CT molecular complexity index is 6290. The standard InChI is InChI=1S/C22H23N7O2S.2C21H21N7O3S.C21H21N7O2S.2CH2O2/c1-14-16(10-24-27-14)22-26-19(13-32-22)21(30)25-18-12-29(11-15-5-8-31-9-6-15)28-20(18)17-4-2-3-7-23-17;2*1-13-14(6-23-26-13)20-25-17(8-32-20)19(30)24-16-7-28(9-21(10-29)11-31-12-21)27-18(16)15-4-2-3-5-22-15;29-20(18-13-31-21(26-18)15-9-23-24-10-15)25-17-12-28(11-14-4-7-30-8-5-14)27-19(17)16-3-1-2-6-22-16;2*2-1-3/h2-4,7,10,12-13,15H,5-6,8-9,11H2,1H3,(H,24,27)(H,25,30);2*2-8,29H,9-12H2,1H3,(H,23,26)(H,24,30);1-3,6,9-10,12-14H,4-5,7-8,11H2,(H,23,24)(H,25,29);2*1H,(H,2,3). The molecular formula is C87H90N28O14S4. The van der Waals surface area contributed by atoms with Crippen LogP contribution in [-0.4, -0.2) is 243 Å². The van der Waals surface area contributed by atoms with E-state index in [2.05, 4.69) is 112 Å². The molecular weight excluding hydrogens is 1790 g/mol. The van der Waals surface area contributed by atoms with Gasteiger partial charge in [-0.25, -0.2) is 19.9 Å². The first-order chi connectivity index (χ1) is 64.9. The second kappa shape index (κ2) is 44.3. The van der Waals surface area contributed by atoms with Crippen LogP contribution >= 0.6 is 45.3 Å². The summed E-state index contributed by atoms with van der Waals surface area (Å²) in [4.78, 5) is 104. The van der Waals surface area contributed by atoms with Gasteiger partial charge in [0, 0.05) is 139 Å².